The highest BCUT2D eigenvalue weighted by atomic mass is 32.2. The Bertz CT molecular complexity index is 1110. The first-order valence-corrected chi connectivity index (χ1v) is 11.3. The lowest BCUT2D eigenvalue weighted by atomic mass is 10.0. The Hall–Kier alpha value is -2.44. The smallest absolute Gasteiger partial charge is 0.227 e. The van der Waals surface area contributed by atoms with E-state index in [4.69, 9.17) is 9.40 Å². The van der Waals surface area contributed by atoms with Gasteiger partial charge in [-0.2, -0.15) is 0 Å². The molecular weight excluding hydrogens is 372 g/mol. The van der Waals surface area contributed by atoms with E-state index < -0.39 is 9.84 Å². The number of rotatable bonds is 6. The molecule has 1 aliphatic heterocycles. The van der Waals surface area contributed by atoms with Crippen LogP contribution in [0.25, 0.3) is 22.2 Å². The Kier molecular flexibility index (Phi) is 5.08. The SMILES string of the molecule is C=CCN(Cc1nc(-c2cccc3ccccc23)oc1C)[C@H]1CCS(=O)(=O)C1. The Morgan fingerprint density at radius 1 is 1.25 bits per heavy atom. The molecule has 0 N–H and O–H groups in total. The molecule has 6 heteroatoms. The van der Waals surface area contributed by atoms with Crippen molar-refractivity contribution in [3.63, 3.8) is 0 Å². The molecule has 0 amide bonds. The summed E-state index contributed by atoms with van der Waals surface area (Å²) in [6, 6.07) is 14.3. The minimum Gasteiger partial charge on any atom is -0.441 e. The lowest BCUT2D eigenvalue weighted by Gasteiger charge is -2.25. The van der Waals surface area contributed by atoms with E-state index in [0.717, 1.165) is 27.8 Å². The molecule has 2 heterocycles. The van der Waals surface area contributed by atoms with Crippen LogP contribution >= 0.6 is 0 Å². The van der Waals surface area contributed by atoms with Gasteiger partial charge in [-0.25, -0.2) is 13.4 Å². The van der Waals surface area contributed by atoms with Gasteiger partial charge in [0, 0.05) is 24.7 Å². The lowest BCUT2D eigenvalue weighted by Crippen LogP contribution is -2.36. The second-order valence-corrected chi connectivity index (χ2v) is 9.55. The van der Waals surface area contributed by atoms with Crippen molar-refractivity contribution in [2.24, 2.45) is 0 Å². The highest BCUT2D eigenvalue weighted by molar-refractivity contribution is 7.91. The third-order valence-corrected chi connectivity index (χ3v) is 7.10. The fourth-order valence-corrected chi connectivity index (χ4v) is 5.63. The van der Waals surface area contributed by atoms with E-state index in [1.54, 1.807) is 0 Å². The summed E-state index contributed by atoms with van der Waals surface area (Å²) in [5, 5.41) is 2.24. The zero-order valence-corrected chi connectivity index (χ0v) is 16.8. The Morgan fingerprint density at radius 3 is 2.79 bits per heavy atom. The molecular formula is C22H24N2O3S. The Labute approximate surface area is 165 Å². The minimum absolute atomic E-state index is 0.0000976. The first-order chi connectivity index (χ1) is 13.5. The number of aromatic nitrogens is 1. The number of aryl methyl sites for hydroxylation is 1. The maximum absolute atomic E-state index is 11.9. The second-order valence-electron chi connectivity index (χ2n) is 7.32. The van der Waals surface area contributed by atoms with Gasteiger partial charge in [0.1, 0.15) is 5.76 Å². The molecule has 1 atom stereocenters. The van der Waals surface area contributed by atoms with Crippen molar-refractivity contribution in [3.8, 4) is 11.5 Å². The van der Waals surface area contributed by atoms with Gasteiger partial charge in [0.15, 0.2) is 9.84 Å². The van der Waals surface area contributed by atoms with Gasteiger partial charge >= 0.3 is 0 Å². The monoisotopic (exact) mass is 396 g/mol. The molecule has 4 rings (SSSR count). The van der Waals surface area contributed by atoms with Crippen molar-refractivity contribution < 1.29 is 12.8 Å². The number of hydrogen-bond donors (Lipinski definition) is 0. The Balaban J connectivity index is 1.64. The van der Waals surface area contributed by atoms with Crippen LogP contribution in [0.4, 0.5) is 0 Å². The summed E-state index contributed by atoms with van der Waals surface area (Å²) < 4.78 is 29.8. The molecule has 3 aromatic rings. The van der Waals surface area contributed by atoms with Crippen molar-refractivity contribution in [1.82, 2.24) is 9.88 Å². The fraction of sp³-hybridized carbons (Fsp3) is 0.318. The average Bonchev–Trinajstić information content (AvgIpc) is 3.23. The largest absolute Gasteiger partial charge is 0.441 e. The summed E-state index contributed by atoms with van der Waals surface area (Å²) in [6.07, 6.45) is 2.47. The summed E-state index contributed by atoms with van der Waals surface area (Å²) >= 11 is 0. The van der Waals surface area contributed by atoms with Crippen LogP contribution in [-0.4, -0.2) is 42.4 Å². The van der Waals surface area contributed by atoms with Crippen LogP contribution in [-0.2, 0) is 16.4 Å². The van der Waals surface area contributed by atoms with Gasteiger partial charge in [-0.3, -0.25) is 4.90 Å². The molecule has 1 aromatic heterocycles. The van der Waals surface area contributed by atoms with Gasteiger partial charge in [-0.15, -0.1) is 6.58 Å². The second kappa shape index (κ2) is 7.53. The predicted molar refractivity (Wildman–Crippen MR) is 112 cm³/mol. The van der Waals surface area contributed by atoms with Crippen LogP contribution in [0.2, 0.25) is 0 Å². The number of hydrogen-bond acceptors (Lipinski definition) is 5. The first-order valence-electron chi connectivity index (χ1n) is 9.46. The maximum Gasteiger partial charge on any atom is 0.227 e. The van der Waals surface area contributed by atoms with Crippen molar-refractivity contribution in [3.05, 3.63) is 66.6 Å². The van der Waals surface area contributed by atoms with E-state index in [1.807, 2.05) is 37.3 Å². The molecule has 2 aromatic carbocycles. The molecule has 0 unspecified atom stereocenters. The average molecular weight is 397 g/mol. The highest BCUT2D eigenvalue weighted by Crippen LogP contribution is 2.30. The predicted octanol–water partition coefficient (Wildman–Crippen LogP) is 3.98. The molecule has 0 bridgehead atoms. The van der Waals surface area contributed by atoms with Gasteiger partial charge in [0.2, 0.25) is 5.89 Å². The number of fused-ring (bicyclic) bond motifs is 1. The fourth-order valence-electron chi connectivity index (χ4n) is 3.87. The van der Waals surface area contributed by atoms with Crippen molar-refractivity contribution in [1.29, 1.82) is 0 Å². The van der Waals surface area contributed by atoms with E-state index in [-0.39, 0.29) is 17.5 Å². The molecule has 1 aliphatic rings. The standard InChI is InChI=1S/C22H24N2O3S/c1-3-12-24(18-11-13-28(25,26)15-18)14-21-16(2)27-22(23-21)20-10-6-8-17-7-4-5-9-19(17)20/h3-10,18H,1,11-15H2,2H3/t18-/m0/s1. The summed E-state index contributed by atoms with van der Waals surface area (Å²) in [5.74, 6) is 1.82. The molecule has 0 saturated carbocycles. The van der Waals surface area contributed by atoms with Gasteiger partial charge in [0.25, 0.3) is 0 Å². The quantitative estimate of drug-likeness (QED) is 0.590. The summed E-state index contributed by atoms with van der Waals surface area (Å²) in [7, 11) is -2.94. The van der Waals surface area contributed by atoms with E-state index in [9.17, 15) is 8.42 Å². The zero-order chi connectivity index (χ0) is 19.7. The molecule has 146 valence electrons. The van der Waals surface area contributed by atoms with Gasteiger partial charge in [-0.1, -0.05) is 42.5 Å². The van der Waals surface area contributed by atoms with Crippen molar-refractivity contribution in [2.75, 3.05) is 18.1 Å². The van der Waals surface area contributed by atoms with E-state index in [1.165, 1.54) is 0 Å². The normalized spacial score (nSPS) is 18.7. The molecule has 1 fully saturated rings. The Morgan fingerprint density at radius 2 is 2.04 bits per heavy atom. The number of benzene rings is 2. The number of sulfone groups is 1. The molecule has 5 nitrogen and oxygen atoms in total. The molecule has 0 spiro atoms. The molecule has 0 radical (unpaired) electrons. The zero-order valence-electron chi connectivity index (χ0n) is 16.0. The number of nitrogens with zero attached hydrogens (tertiary/aromatic N) is 2. The summed E-state index contributed by atoms with van der Waals surface area (Å²) in [6.45, 7) is 6.90. The third-order valence-electron chi connectivity index (χ3n) is 5.35. The van der Waals surface area contributed by atoms with Crippen molar-refractivity contribution in [2.45, 2.75) is 25.9 Å². The number of oxazole rings is 1. The van der Waals surface area contributed by atoms with Crippen LogP contribution < -0.4 is 0 Å². The van der Waals surface area contributed by atoms with Crippen LogP contribution in [0.3, 0.4) is 0 Å². The minimum atomic E-state index is -2.94. The summed E-state index contributed by atoms with van der Waals surface area (Å²) in [5.41, 5.74) is 1.81. The highest BCUT2D eigenvalue weighted by Gasteiger charge is 2.32. The van der Waals surface area contributed by atoms with Gasteiger partial charge in [-0.05, 0) is 30.2 Å². The van der Waals surface area contributed by atoms with Crippen LogP contribution in [0.5, 0.6) is 0 Å². The summed E-state index contributed by atoms with van der Waals surface area (Å²) in [4.78, 5) is 6.90. The topological polar surface area (TPSA) is 63.4 Å². The van der Waals surface area contributed by atoms with E-state index in [2.05, 4.69) is 29.7 Å². The van der Waals surface area contributed by atoms with Crippen molar-refractivity contribution >= 4 is 20.6 Å². The third kappa shape index (κ3) is 3.75. The van der Waals surface area contributed by atoms with Gasteiger partial charge in [0.05, 0.1) is 17.2 Å². The van der Waals surface area contributed by atoms with E-state index in [0.29, 0.717) is 25.4 Å². The molecule has 28 heavy (non-hydrogen) atoms. The van der Waals surface area contributed by atoms with Gasteiger partial charge < -0.3 is 4.42 Å². The van der Waals surface area contributed by atoms with Crippen LogP contribution in [0, 0.1) is 6.92 Å². The molecule has 0 aliphatic carbocycles. The van der Waals surface area contributed by atoms with Crippen LogP contribution in [0.15, 0.2) is 59.5 Å². The maximum atomic E-state index is 11.9. The van der Waals surface area contributed by atoms with E-state index >= 15 is 0 Å². The van der Waals surface area contributed by atoms with Crippen LogP contribution in [0.1, 0.15) is 17.9 Å². The first kappa shape index (κ1) is 18.9. The molecule has 1 saturated heterocycles. The lowest BCUT2D eigenvalue weighted by molar-refractivity contribution is 0.223.